The highest BCUT2D eigenvalue weighted by Crippen LogP contribution is 2.27. The maximum absolute atomic E-state index is 14.5. The first-order valence-corrected chi connectivity index (χ1v) is 43.5. The summed E-state index contributed by atoms with van der Waals surface area (Å²) in [5.74, 6) is -4.59. The van der Waals surface area contributed by atoms with Gasteiger partial charge < -0.3 is 91.3 Å². The summed E-state index contributed by atoms with van der Waals surface area (Å²) < 4.78 is 13.1. The fourth-order valence-electron chi connectivity index (χ4n) is 12.9. The lowest BCUT2D eigenvalue weighted by Gasteiger charge is -2.27. The second kappa shape index (κ2) is 62.5. The summed E-state index contributed by atoms with van der Waals surface area (Å²) in [5, 5.41) is 41.1. The lowest BCUT2D eigenvalue weighted by Crippen LogP contribution is -2.60. The van der Waals surface area contributed by atoms with E-state index in [0.29, 0.717) is 101 Å². The van der Waals surface area contributed by atoms with Crippen LogP contribution in [0.1, 0.15) is 296 Å². The van der Waals surface area contributed by atoms with Crippen molar-refractivity contribution in [3.63, 3.8) is 0 Å². The molecule has 111 heavy (non-hydrogen) atoms. The van der Waals surface area contributed by atoms with Crippen LogP contribution in [0, 0.1) is 0 Å². The molecule has 0 saturated carbocycles. The number of nitrogens with two attached hydrogens (primary N) is 6. The van der Waals surface area contributed by atoms with Crippen molar-refractivity contribution in [1.82, 2.24) is 46.1 Å². The van der Waals surface area contributed by atoms with E-state index >= 15 is 0 Å². The molecule has 0 bridgehead atoms. The SMILES string of the molecule is CCCCCCCCCCCCCCCC(=O)OCC(CSC[C@H](N)C(=O)N[C@@H](CO)C(=O)NC(CCCCN)C(=O)N[C@@H](CCCCN)C(=O)NC(CCCCN)C(=O)NC(CCCCN)C(=O)Nc1ccc(Cn2c(O)nc3c(N)nc(NCCCC)nc32)cc1)OC(=O)CCCCCCCCCCCCCCC. The molecule has 0 fully saturated rings. The zero-order valence-electron chi connectivity index (χ0n) is 67.8. The largest absolute Gasteiger partial charge is 0.480 e. The van der Waals surface area contributed by atoms with E-state index in [-0.39, 0.29) is 99.6 Å². The molecule has 0 radical (unpaired) electrons. The number of nitrogen functional groups attached to an aromatic ring is 1. The Labute approximate surface area is 666 Å². The molecule has 632 valence electrons. The predicted molar refractivity (Wildman–Crippen MR) is 444 cm³/mol. The minimum atomic E-state index is -1.56. The van der Waals surface area contributed by atoms with Crippen molar-refractivity contribution in [3.8, 4) is 6.01 Å². The van der Waals surface area contributed by atoms with E-state index in [9.17, 15) is 48.6 Å². The van der Waals surface area contributed by atoms with Crippen LogP contribution in [-0.2, 0) is 54.4 Å². The molecule has 1 aromatic carbocycles. The number of amides is 6. The van der Waals surface area contributed by atoms with Gasteiger partial charge in [-0.25, -0.2) is 0 Å². The normalized spacial score (nSPS) is 13.3. The van der Waals surface area contributed by atoms with Gasteiger partial charge in [0.15, 0.2) is 17.0 Å². The number of aliphatic hydroxyl groups is 1. The number of carbonyl (C=O) groups excluding carboxylic acids is 8. The first-order valence-electron chi connectivity index (χ1n) is 42.3. The number of nitrogens with one attached hydrogen (secondary N) is 7. The summed E-state index contributed by atoms with van der Waals surface area (Å²) in [6.45, 7) is 7.47. The monoisotopic (exact) mass is 1580 g/mol. The Morgan fingerprint density at radius 3 is 1.29 bits per heavy atom. The Balaban J connectivity index is 1.68. The summed E-state index contributed by atoms with van der Waals surface area (Å²) in [4.78, 5) is 125. The fraction of sp³-hybridized carbons (Fsp3) is 0.765. The number of ether oxygens (including phenoxy) is 2. The molecule has 0 spiro atoms. The van der Waals surface area contributed by atoms with Gasteiger partial charge in [0, 0.05) is 36.6 Å². The molecule has 0 aliphatic rings. The van der Waals surface area contributed by atoms with Crippen molar-refractivity contribution in [2.45, 2.75) is 339 Å². The standard InChI is InChI=1S/C81H145N17O12S/c1-4-7-10-12-14-16-18-20-22-24-26-28-30-44-69(100)109-57-62(110-70(101)45-31-29-27-25-23-21-19-17-15-13-11-8-5-2)58-111-59-63(86)74(102)94-68(56-99)79(107)93-67(43-35-39-53-85)78(106)92-66(42-34-38-52-84)77(105)91-65(41-33-37-51-83)76(104)90-64(40-32-36-50-82)75(103)89-61-48-46-60(47-49-61)55-98-73-71(95-81(98)108)72(87)96-80(97-73)88-54-9-6-3/h46-49,62-68,99H,4-45,50-59,82-86H2,1-3H3,(H,89,103)(H,90,104)(H,91,105)(H,92,106)(H,93,107)(H,94,102)(H,95,108)(H3,87,88,96,97)/t62?,63-,64?,65?,66-,67?,68-/m0/s1. The minimum Gasteiger partial charge on any atom is -0.480 e. The number of hydrogen-bond donors (Lipinski definition) is 15. The van der Waals surface area contributed by atoms with Crippen molar-refractivity contribution in [3.05, 3.63) is 29.8 Å². The van der Waals surface area contributed by atoms with E-state index in [0.717, 1.165) is 56.9 Å². The lowest BCUT2D eigenvalue weighted by molar-refractivity contribution is -0.157. The van der Waals surface area contributed by atoms with Gasteiger partial charge in [0.05, 0.1) is 19.2 Å². The topological polar surface area (TPSA) is 479 Å². The molecular weight excluding hydrogens is 1440 g/mol. The Kier molecular flexibility index (Phi) is 55.3. The van der Waals surface area contributed by atoms with E-state index in [1.807, 2.05) is 0 Å². The van der Waals surface area contributed by atoms with Gasteiger partial charge in [-0.15, -0.1) is 0 Å². The van der Waals surface area contributed by atoms with Gasteiger partial charge >= 0.3 is 11.9 Å². The van der Waals surface area contributed by atoms with Crippen molar-refractivity contribution < 1.29 is 58.0 Å². The zero-order chi connectivity index (χ0) is 81.1. The summed E-state index contributed by atoms with van der Waals surface area (Å²) in [7, 11) is 0. The Hall–Kier alpha value is -6.96. The number of esters is 2. The Morgan fingerprint density at radius 1 is 0.468 bits per heavy atom. The summed E-state index contributed by atoms with van der Waals surface area (Å²) in [6, 6.07) is -1.05. The highest BCUT2D eigenvalue weighted by atomic mass is 32.2. The number of nitrogens with zero attached hydrogens (tertiary/aromatic N) is 4. The molecule has 29 nitrogen and oxygen atoms in total. The number of anilines is 3. The maximum atomic E-state index is 14.5. The van der Waals surface area contributed by atoms with Crippen molar-refractivity contribution >= 4 is 87.8 Å². The highest BCUT2D eigenvalue weighted by molar-refractivity contribution is 7.99. The molecule has 3 rings (SSSR count). The number of unbranched alkanes of at least 4 members (excludes halogenated alkanes) is 29. The number of hydrogen-bond acceptors (Lipinski definition) is 23. The second-order valence-electron chi connectivity index (χ2n) is 29.6. The molecule has 3 aromatic rings. The molecule has 30 heteroatoms. The Morgan fingerprint density at radius 2 is 0.865 bits per heavy atom. The van der Waals surface area contributed by atoms with Gasteiger partial charge in [-0.05, 0) is 140 Å². The molecule has 7 atom stereocenters. The number of aromatic hydroxyl groups is 1. The van der Waals surface area contributed by atoms with E-state index in [4.69, 9.17) is 43.9 Å². The van der Waals surface area contributed by atoms with Gasteiger partial charge in [0.25, 0.3) is 6.01 Å². The fourth-order valence-corrected chi connectivity index (χ4v) is 13.9. The van der Waals surface area contributed by atoms with Gasteiger partial charge in [0.2, 0.25) is 41.4 Å². The number of carbonyl (C=O) groups is 8. The van der Waals surface area contributed by atoms with E-state index in [1.165, 1.54) is 132 Å². The molecule has 0 aliphatic carbocycles. The first kappa shape index (κ1) is 98.2. The Bertz CT molecular complexity index is 3040. The van der Waals surface area contributed by atoms with Gasteiger partial charge in [-0.1, -0.05) is 193 Å². The molecule has 2 heterocycles. The number of aromatic nitrogens is 4. The molecule has 21 N–H and O–H groups in total. The average molecular weight is 1580 g/mol. The third kappa shape index (κ3) is 43.8. The number of rotatable bonds is 70. The van der Waals surface area contributed by atoms with Crippen LogP contribution in [0.4, 0.5) is 17.5 Å². The van der Waals surface area contributed by atoms with Gasteiger partial charge in [-0.2, -0.15) is 26.7 Å². The van der Waals surface area contributed by atoms with Crippen molar-refractivity contribution in [1.29, 1.82) is 0 Å². The predicted octanol–water partition coefficient (Wildman–Crippen LogP) is 9.72. The highest BCUT2D eigenvalue weighted by Gasteiger charge is 2.34. The zero-order valence-corrected chi connectivity index (χ0v) is 68.6. The molecule has 4 unspecified atom stereocenters. The third-order valence-corrected chi connectivity index (χ3v) is 20.9. The molecular formula is C81H145N17O12S. The van der Waals surface area contributed by atoms with Crippen molar-refractivity contribution in [2.75, 3.05) is 73.8 Å². The van der Waals surface area contributed by atoms with Crippen LogP contribution < -0.4 is 71.6 Å². The number of imidazole rings is 1. The van der Waals surface area contributed by atoms with Gasteiger partial charge in [-0.3, -0.25) is 42.9 Å². The first-order chi connectivity index (χ1) is 53.9. The molecule has 6 amide bonds. The average Bonchev–Trinajstić information content (AvgIpc) is 1.64. The number of fused-ring (bicyclic) bond motifs is 1. The summed E-state index contributed by atoms with van der Waals surface area (Å²) in [6.07, 6.45) is 36.1. The van der Waals surface area contributed by atoms with Crippen LogP contribution >= 0.6 is 11.8 Å². The van der Waals surface area contributed by atoms with Crippen LogP contribution in [-0.4, -0.2) is 177 Å². The summed E-state index contributed by atoms with van der Waals surface area (Å²) >= 11 is 1.20. The van der Waals surface area contributed by atoms with Crippen LogP contribution in [0.3, 0.4) is 0 Å². The maximum Gasteiger partial charge on any atom is 0.306 e. The third-order valence-electron chi connectivity index (χ3n) is 19.7. The lowest BCUT2D eigenvalue weighted by atomic mass is 10.0. The quantitative estimate of drug-likeness (QED) is 0.0184. The van der Waals surface area contributed by atoms with Crippen LogP contribution in [0.5, 0.6) is 6.01 Å². The van der Waals surface area contributed by atoms with Crippen LogP contribution in [0.15, 0.2) is 24.3 Å². The second-order valence-corrected chi connectivity index (χ2v) is 30.7. The number of thioether (sulfide) groups is 1. The molecule has 2 aromatic heterocycles. The van der Waals surface area contributed by atoms with E-state index in [1.54, 1.807) is 24.3 Å². The van der Waals surface area contributed by atoms with Crippen molar-refractivity contribution in [2.24, 2.45) is 28.7 Å². The minimum absolute atomic E-state index is 0.00646. The molecule has 0 aliphatic heterocycles. The number of benzene rings is 1. The number of aliphatic hydroxyl groups excluding tert-OH is 1. The van der Waals surface area contributed by atoms with E-state index in [2.05, 4.69) is 72.9 Å². The van der Waals surface area contributed by atoms with E-state index < -0.39 is 90.4 Å². The van der Waals surface area contributed by atoms with Crippen LogP contribution in [0.25, 0.3) is 11.2 Å². The summed E-state index contributed by atoms with van der Waals surface area (Å²) in [5.41, 5.74) is 37.8. The van der Waals surface area contributed by atoms with Crippen LogP contribution in [0.2, 0.25) is 0 Å². The smallest absolute Gasteiger partial charge is 0.306 e. The van der Waals surface area contributed by atoms with Gasteiger partial charge in [0.1, 0.15) is 42.9 Å². The molecule has 0 saturated heterocycles.